The molecule has 3 rings (SSSR count). The van der Waals surface area contributed by atoms with Gasteiger partial charge >= 0.3 is 5.97 Å². The molecule has 0 unspecified atom stereocenters. The highest BCUT2D eigenvalue weighted by Gasteiger charge is 2.56. The van der Waals surface area contributed by atoms with E-state index in [1.54, 1.807) is 6.92 Å². The number of allylic oxidation sites excluding steroid dienone is 1. The Hall–Kier alpha value is -2.15. The van der Waals surface area contributed by atoms with Gasteiger partial charge in [0.2, 0.25) is 5.91 Å². The maximum atomic E-state index is 12.2. The van der Waals surface area contributed by atoms with Gasteiger partial charge in [-0.05, 0) is 44.3 Å². The van der Waals surface area contributed by atoms with Crippen molar-refractivity contribution in [3.8, 4) is 0 Å². The summed E-state index contributed by atoms with van der Waals surface area (Å²) in [7, 11) is 0. The number of rotatable bonds is 5. The van der Waals surface area contributed by atoms with Crippen LogP contribution in [0.1, 0.15) is 33.1 Å². The third-order valence-corrected chi connectivity index (χ3v) is 5.36. The molecule has 0 saturated carbocycles. The first kappa shape index (κ1) is 16.7. The number of aliphatic hydroxyl groups is 1. The van der Waals surface area contributed by atoms with Crippen molar-refractivity contribution in [3.63, 3.8) is 0 Å². The number of aliphatic hydroxyl groups excluding tert-OH is 1. The van der Waals surface area contributed by atoms with Gasteiger partial charge in [-0.25, -0.2) is 4.79 Å². The summed E-state index contributed by atoms with van der Waals surface area (Å²) in [6, 6.07) is -0.161. The fraction of sp³-hybridized carbons (Fsp3) is 0.588. The Morgan fingerprint density at radius 3 is 2.75 bits per heavy atom. The van der Waals surface area contributed by atoms with Crippen molar-refractivity contribution in [1.29, 1.82) is 5.41 Å². The van der Waals surface area contributed by atoms with E-state index in [1.165, 1.54) is 11.2 Å². The Labute approximate surface area is 140 Å². The number of carbonyl (C=O) groups is 2. The van der Waals surface area contributed by atoms with Crippen LogP contribution in [0.25, 0.3) is 0 Å². The molecule has 0 aromatic rings. The standard InChI is InChI=1S/C17H23N3O4/c1-9(6-11-4-3-5-19(11)8-18)12-7-13-14(10(2)21)16(22)20(13)15(12)17(23)24/h6,8,10-11,13-14,18,21H,3-5,7H2,1-2H3,(H,23,24)/b9-6+,18-8?/t10-,11+,13+,14-/m1/s1. The number of carboxylic acids is 1. The van der Waals surface area contributed by atoms with E-state index in [1.807, 2.05) is 17.9 Å². The van der Waals surface area contributed by atoms with E-state index >= 15 is 0 Å². The SMILES string of the molecule is C/C(=C\[C@@H]1CCCN1C=N)C1=C(C(=O)O)N2C(=O)[C@H]([C@@H](C)O)[C@@H]2C1. The predicted octanol–water partition coefficient (Wildman–Crippen LogP) is 0.954. The highest BCUT2D eigenvalue weighted by Crippen LogP contribution is 2.45. The topological polar surface area (TPSA) is 105 Å². The molecule has 3 aliphatic rings. The molecular formula is C17H23N3O4. The third-order valence-electron chi connectivity index (χ3n) is 5.36. The van der Waals surface area contributed by atoms with Crippen LogP contribution in [0.2, 0.25) is 0 Å². The first-order valence-electron chi connectivity index (χ1n) is 8.29. The largest absolute Gasteiger partial charge is 0.477 e. The van der Waals surface area contributed by atoms with Gasteiger partial charge in [0, 0.05) is 12.6 Å². The molecule has 0 radical (unpaired) electrons. The number of fused-ring (bicyclic) bond motifs is 1. The molecule has 3 aliphatic heterocycles. The molecule has 2 fully saturated rings. The summed E-state index contributed by atoms with van der Waals surface area (Å²) in [5, 5.41) is 26.8. The zero-order chi connectivity index (χ0) is 17.6. The van der Waals surface area contributed by atoms with Crippen molar-refractivity contribution in [2.75, 3.05) is 6.54 Å². The average molecular weight is 333 g/mol. The van der Waals surface area contributed by atoms with Crippen LogP contribution in [-0.2, 0) is 9.59 Å². The maximum Gasteiger partial charge on any atom is 0.352 e. The second kappa shape index (κ2) is 6.05. The minimum atomic E-state index is -1.10. The van der Waals surface area contributed by atoms with Gasteiger partial charge in [0.15, 0.2) is 0 Å². The van der Waals surface area contributed by atoms with Gasteiger partial charge in [-0.1, -0.05) is 6.08 Å². The quantitative estimate of drug-likeness (QED) is 0.395. The molecule has 0 aromatic heterocycles. The van der Waals surface area contributed by atoms with Gasteiger partial charge in [-0.15, -0.1) is 0 Å². The van der Waals surface area contributed by atoms with Crippen LogP contribution in [-0.4, -0.2) is 63.0 Å². The smallest absolute Gasteiger partial charge is 0.352 e. The van der Waals surface area contributed by atoms with Crippen LogP contribution < -0.4 is 0 Å². The van der Waals surface area contributed by atoms with Crippen LogP contribution in [0, 0.1) is 11.3 Å². The van der Waals surface area contributed by atoms with Crippen molar-refractivity contribution in [1.82, 2.24) is 9.80 Å². The molecule has 130 valence electrons. The first-order valence-corrected chi connectivity index (χ1v) is 8.29. The summed E-state index contributed by atoms with van der Waals surface area (Å²) in [5.41, 5.74) is 1.56. The number of amides is 1. The lowest BCUT2D eigenvalue weighted by Crippen LogP contribution is -2.61. The molecule has 3 N–H and O–H groups in total. The summed E-state index contributed by atoms with van der Waals surface area (Å²) in [6.45, 7) is 4.27. The number of carboxylic acid groups (broad SMARTS) is 1. The fourth-order valence-corrected chi connectivity index (χ4v) is 4.16. The minimum absolute atomic E-state index is 0.0510. The minimum Gasteiger partial charge on any atom is -0.477 e. The van der Waals surface area contributed by atoms with Crippen molar-refractivity contribution in [2.24, 2.45) is 5.92 Å². The third kappa shape index (κ3) is 2.43. The van der Waals surface area contributed by atoms with E-state index in [0.717, 1.165) is 25.0 Å². The van der Waals surface area contributed by atoms with E-state index < -0.39 is 18.0 Å². The van der Waals surface area contributed by atoms with Crippen LogP contribution in [0.5, 0.6) is 0 Å². The van der Waals surface area contributed by atoms with E-state index in [9.17, 15) is 19.8 Å². The molecule has 7 nitrogen and oxygen atoms in total. The Kier molecular flexibility index (Phi) is 4.21. The van der Waals surface area contributed by atoms with E-state index in [-0.39, 0.29) is 23.7 Å². The van der Waals surface area contributed by atoms with E-state index in [2.05, 4.69) is 0 Å². The predicted molar refractivity (Wildman–Crippen MR) is 87.4 cm³/mol. The second-order valence-electron chi connectivity index (χ2n) is 6.80. The number of hydrogen-bond acceptors (Lipinski definition) is 4. The lowest BCUT2D eigenvalue weighted by molar-refractivity contribution is -0.161. The number of nitrogens with zero attached hydrogens (tertiary/aromatic N) is 2. The summed E-state index contributed by atoms with van der Waals surface area (Å²) in [4.78, 5) is 27.2. The zero-order valence-electron chi connectivity index (χ0n) is 13.9. The molecular weight excluding hydrogens is 310 g/mol. The Balaban J connectivity index is 1.90. The van der Waals surface area contributed by atoms with Crippen molar-refractivity contribution >= 4 is 18.2 Å². The molecule has 1 amide bonds. The van der Waals surface area contributed by atoms with Crippen LogP contribution in [0.4, 0.5) is 0 Å². The highest BCUT2D eigenvalue weighted by molar-refractivity contribution is 6.00. The normalized spacial score (nSPS) is 31.2. The van der Waals surface area contributed by atoms with Crippen molar-refractivity contribution in [3.05, 3.63) is 22.9 Å². The summed E-state index contributed by atoms with van der Waals surface area (Å²) in [6.07, 6.45) is 4.95. The van der Waals surface area contributed by atoms with Gasteiger partial charge in [-0.2, -0.15) is 0 Å². The average Bonchev–Trinajstić information content (AvgIpc) is 3.08. The zero-order valence-corrected chi connectivity index (χ0v) is 13.9. The van der Waals surface area contributed by atoms with Gasteiger partial charge in [-0.3, -0.25) is 10.2 Å². The number of aliphatic carboxylic acids is 1. The number of hydrogen-bond donors (Lipinski definition) is 3. The van der Waals surface area contributed by atoms with E-state index in [0.29, 0.717) is 12.0 Å². The fourth-order valence-electron chi connectivity index (χ4n) is 4.16. The molecule has 0 spiro atoms. The first-order chi connectivity index (χ1) is 11.4. The number of β-lactam (4-membered cyclic amide) rings is 1. The van der Waals surface area contributed by atoms with Crippen LogP contribution >= 0.6 is 0 Å². The molecule has 4 atom stereocenters. The van der Waals surface area contributed by atoms with Gasteiger partial charge in [0.1, 0.15) is 5.70 Å². The molecule has 0 aromatic carbocycles. The van der Waals surface area contributed by atoms with Gasteiger partial charge in [0.05, 0.1) is 24.4 Å². The molecule has 24 heavy (non-hydrogen) atoms. The van der Waals surface area contributed by atoms with Gasteiger partial charge < -0.3 is 20.0 Å². The van der Waals surface area contributed by atoms with Crippen LogP contribution in [0.15, 0.2) is 22.9 Å². The lowest BCUT2D eigenvalue weighted by atomic mass is 9.82. The Bertz CT molecular complexity index is 652. The molecule has 7 heteroatoms. The highest BCUT2D eigenvalue weighted by atomic mass is 16.4. The van der Waals surface area contributed by atoms with Crippen molar-refractivity contribution < 1.29 is 19.8 Å². The monoisotopic (exact) mass is 333 g/mol. The van der Waals surface area contributed by atoms with E-state index in [4.69, 9.17) is 5.41 Å². The summed E-state index contributed by atoms with van der Waals surface area (Å²) in [5.74, 6) is -1.93. The number of likely N-dealkylation sites (tertiary alicyclic amines) is 1. The second-order valence-corrected chi connectivity index (χ2v) is 6.80. The molecule has 0 bridgehead atoms. The Morgan fingerprint density at radius 2 is 2.17 bits per heavy atom. The number of carbonyl (C=O) groups excluding carboxylic acids is 1. The summed E-state index contributed by atoms with van der Waals surface area (Å²) < 4.78 is 0. The summed E-state index contributed by atoms with van der Waals surface area (Å²) >= 11 is 0. The maximum absolute atomic E-state index is 12.2. The number of nitrogens with one attached hydrogen (secondary N) is 1. The van der Waals surface area contributed by atoms with Gasteiger partial charge in [0.25, 0.3) is 0 Å². The van der Waals surface area contributed by atoms with Crippen LogP contribution in [0.3, 0.4) is 0 Å². The molecule has 3 heterocycles. The molecule has 2 saturated heterocycles. The lowest BCUT2D eigenvalue weighted by Gasteiger charge is -2.44. The molecule has 0 aliphatic carbocycles. The van der Waals surface area contributed by atoms with Crippen molar-refractivity contribution in [2.45, 2.75) is 51.3 Å². The Morgan fingerprint density at radius 1 is 1.46 bits per heavy atom.